The van der Waals surface area contributed by atoms with Crippen molar-refractivity contribution in [3.63, 3.8) is 0 Å². The van der Waals surface area contributed by atoms with Gasteiger partial charge in [0.25, 0.3) is 0 Å². The number of hydrogen-bond donors (Lipinski definition) is 1. The molecule has 0 amide bonds. The number of benzene rings is 1. The van der Waals surface area contributed by atoms with Crippen molar-refractivity contribution in [2.75, 3.05) is 18.8 Å². The van der Waals surface area contributed by atoms with E-state index in [9.17, 15) is 21.6 Å². The smallest absolute Gasteiger partial charge is 0.399 e. The molecule has 0 unspecified atom stereocenters. The van der Waals surface area contributed by atoms with Crippen molar-refractivity contribution in [2.24, 2.45) is 0 Å². The van der Waals surface area contributed by atoms with Crippen molar-refractivity contribution in [3.8, 4) is 0 Å². The maximum absolute atomic E-state index is 12.5. The summed E-state index contributed by atoms with van der Waals surface area (Å²) in [6.45, 7) is -0.511. The first-order valence-electron chi connectivity index (χ1n) is 5.30. The lowest BCUT2D eigenvalue weighted by atomic mass is 10.3. The van der Waals surface area contributed by atoms with E-state index >= 15 is 0 Å². The Bertz CT molecular complexity index is 582. The van der Waals surface area contributed by atoms with Crippen molar-refractivity contribution < 1.29 is 21.6 Å². The van der Waals surface area contributed by atoms with Crippen molar-refractivity contribution in [1.29, 1.82) is 0 Å². The third kappa shape index (κ3) is 4.09. The molecule has 0 aliphatic heterocycles. The second kappa shape index (κ2) is 6.20. The van der Waals surface area contributed by atoms with Gasteiger partial charge in [-0.15, -0.1) is 0 Å². The van der Waals surface area contributed by atoms with E-state index in [-0.39, 0.29) is 26.1 Å². The molecular formula is C10H11Br2F3N2O2S. The summed E-state index contributed by atoms with van der Waals surface area (Å²) in [5.41, 5.74) is 5.81. The highest BCUT2D eigenvalue weighted by molar-refractivity contribution is 9.11. The quantitative estimate of drug-likeness (QED) is 0.731. The number of alkyl halides is 3. The Hall–Kier alpha value is -0.320. The van der Waals surface area contributed by atoms with Crippen molar-refractivity contribution in [2.45, 2.75) is 18.0 Å². The summed E-state index contributed by atoms with van der Waals surface area (Å²) in [5.74, 6) is 0. The Morgan fingerprint density at radius 1 is 1.25 bits per heavy atom. The molecule has 0 bridgehead atoms. The second-order valence-corrected chi connectivity index (χ2v) is 7.44. The van der Waals surface area contributed by atoms with Gasteiger partial charge >= 0.3 is 6.18 Å². The van der Waals surface area contributed by atoms with Crippen LogP contribution in [0.1, 0.15) is 6.92 Å². The summed E-state index contributed by atoms with van der Waals surface area (Å²) in [7, 11) is -4.30. The first-order chi connectivity index (χ1) is 8.99. The third-order valence-corrected chi connectivity index (χ3v) is 6.13. The highest BCUT2D eigenvalue weighted by Crippen LogP contribution is 2.35. The highest BCUT2D eigenvalue weighted by Gasteiger charge is 2.37. The largest absolute Gasteiger partial charge is 0.402 e. The van der Waals surface area contributed by atoms with Crippen LogP contribution in [-0.4, -0.2) is 32.0 Å². The number of anilines is 1. The van der Waals surface area contributed by atoms with Crippen LogP contribution in [0.4, 0.5) is 18.9 Å². The summed E-state index contributed by atoms with van der Waals surface area (Å²) in [4.78, 5) is -0.280. The van der Waals surface area contributed by atoms with Gasteiger partial charge in [-0.2, -0.15) is 17.5 Å². The number of hydrogen-bond acceptors (Lipinski definition) is 3. The van der Waals surface area contributed by atoms with Crippen LogP contribution in [0.25, 0.3) is 0 Å². The normalized spacial score (nSPS) is 12.9. The Labute approximate surface area is 131 Å². The number of rotatable bonds is 4. The molecule has 0 radical (unpaired) electrons. The predicted octanol–water partition coefficient (Wildman–Crippen LogP) is 3.37. The van der Waals surface area contributed by atoms with Gasteiger partial charge in [0.2, 0.25) is 10.0 Å². The predicted molar refractivity (Wildman–Crippen MR) is 76.7 cm³/mol. The molecule has 0 atom stereocenters. The van der Waals surface area contributed by atoms with E-state index in [1.807, 2.05) is 0 Å². The molecule has 0 saturated carbocycles. The molecule has 1 aromatic carbocycles. The van der Waals surface area contributed by atoms with Gasteiger partial charge in [0.05, 0.1) is 0 Å². The zero-order chi connectivity index (χ0) is 15.7. The molecule has 10 heteroatoms. The minimum absolute atomic E-state index is 0.102. The molecule has 20 heavy (non-hydrogen) atoms. The molecule has 0 aliphatic rings. The first kappa shape index (κ1) is 17.7. The summed E-state index contributed by atoms with van der Waals surface area (Å²) >= 11 is 6.03. The van der Waals surface area contributed by atoms with Gasteiger partial charge in [-0.25, -0.2) is 8.42 Å². The van der Waals surface area contributed by atoms with E-state index < -0.39 is 22.7 Å². The van der Waals surface area contributed by atoms with E-state index in [1.165, 1.54) is 19.1 Å². The standard InChI is InChI=1S/C10H11Br2F3N2O2S/c1-2-17(5-10(13,14)15)20(18,19)9-7(11)3-6(16)4-8(9)12/h3-4H,2,5,16H2,1H3. The van der Waals surface area contributed by atoms with Gasteiger partial charge in [0.1, 0.15) is 11.4 Å². The minimum atomic E-state index is -4.62. The molecule has 0 heterocycles. The number of sulfonamides is 1. The Kier molecular flexibility index (Phi) is 5.50. The number of nitrogen functional groups attached to an aromatic ring is 1. The number of nitrogens with zero attached hydrogens (tertiary/aromatic N) is 1. The highest BCUT2D eigenvalue weighted by atomic mass is 79.9. The second-order valence-electron chi connectivity index (χ2n) is 3.86. The molecule has 114 valence electrons. The van der Waals surface area contributed by atoms with E-state index in [0.29, 0.717) is 4.31 Å². The van der Waals surface area contributed by atoms with Crippen LogP contribution in [0.2, 0.25) is 0 Å². The molecule has 0 spiro atoms. The van der Waals surface area contributed by atoms with Crippen molar-refractivity contribution in [1.82, 2.24) is 4.31 Å². The number of nitrogens with two attached hydrogens (primary N) is 1. The molecule has 4 nitrogen and oxygen atoms in total. The zero-order valence-electron chi connectivity index (χ0n) is 10.2. The molecule has 0 aliphatic carbocycles. The SMILES string of the molecule is CCN(CC(F)(F)F)S(=O)(=O)c1c(Br)cc(N)cc1Br. The molecule has 2 N–H and O–H groups in total. The van der Waals surface area contributed by atoms with Crippen molar-refractivity contribution >= 4 is 47.6 Å². The van der Waals surface area contributed by atoms with Gasteiger partial charge in [-0.05, 0) is 44.0 Å². The molecule has 0 saturated heterocycles. The van der Waals surface area contributed by atoms with E-state index in [0.717, 1.165) is 0 Å². The number of halogens is 5. The van der Waals surface area contributed by atoms with E-state index in [1.54, 1.807) is 0 Å². The van der Waals surface area contributed by atoms with E-state index in [2.05, 4.69) is 31.9 Å². The van der Waals surface area contributed by atoms with Crippen LogP contribution < -0.4 is 5.73 Å². The zero-order valence-corrected chi connectivity index (χ0v) is 14.2. The first-order valence-corrected chi connectivity index (χ1v) is 8.33. The monoisotopic (exact) mass is 438 g/mol. The third-order valence-electron chi connectivity index (χ3n) is 2.33. The Morgan fingerprint density at radius 3 is 2.05 bits per heavy atom. The average Bonchev–Trinajstić information content (AvgIpc) is 2.22. The summed E-state index contributed by atoms with van der Waals surface area (Å²) in [6.07, 6.45) is -4.62. The fourth-order valence-corrected chi connectivity index (χ4v) is 5.50. The van der Waals surface area contributed by atoms with E-state index in [4.69, 9.17) is 5.73 Å². The van der Waals surface area contributed by atoms with Gasteiger partial charge < -0.3 is 5.73 Å². The summed E-state index contributed by atoms with van der Waals surface area (Å²) in [6, 6.07) is 2.64. The van der Waals surface area contributed by atoms with Gasteiger partial charge in [0.15, 0.2) is 0 Å². The van der Waals surface area contributed by atoms with Gasteiger partial charge in [-0.1, -0.05) is 6.92 Å². The van der Waals surface area contributed by atoms with Crippen LogP contribution >= 0.6 is 31.9 Å². The average molecular weight is 440 g/mol. The maximum atomic E-state index is 12.5. The maximum Gasteiger partial charge on any atom is 0.402 e. The van der Waals surface area contributed by atoms with Crippen LogP contribution in [-0.2, 0) is 10.0 Å². The fraction of sp³-hybridized carbons (Fsp3) is 0.400. The van der Waals surface area contributed by atoms with Gasteiger partial charge in [-0.3, -0.25) is 0 Å². The summed E-state index contributed by atoms with van der Waals surface area (Å²) < 4.78 is 62.6. The topological polar surface area (TPSA) is 63.4 Å². The summed E-state index contributed by atoms with van der Waals surface area (Å²) in [5, 5.41) is 0. The Morgan fingerprint density at radius 2 is 1.70 bits per heavy atom. The van der Waals surface area contributed by atoms with Crippen LogP contribution in [0.15, 0.2) is 26.0 Å². The molecule has 1 rings (SSSR count). The molecule has 0 fully saturated rings. The lowest BCUT2D eigenvalue weighted by molar-refractivity contribution is -0.135. The Balaban J connectivity index is 3.35. The molecule has 1 aromatic rings. The molecule has 0 aromatic heterocycles. The van der Waals surface area contributed by atoms with Crippen molar-refractivity contribution in [3.05, 3.63) is 21.1 Å². The van der Waals surface area contributed by atoms with Crippen LogP contribution in [0.5, 0.6) is 0 Å². The lowest BCUT2D eigenvalue weighted by Gasteiger charge is -2.23. The lowest BCUT2D eigenvalue weighted by Crippen LogP contribution is -2.39. The minimum Gasteiger partial charge on any atom is -0.399 e. The van der Waals surface area contributed by atoms with Crippen LogP contribution in [0.3, 0.4) is 0 Å². The van der Waals surface area contributed by atoms with Crippen LogP contribution in [0, 0.1) is 0 Å². The van der Waals surface area contributed by atoms with Gasteiger partial charge in [0, 0.05) is 21.2 Å². The molecular weight excluding hydrogens is 429 g/mol. The fourth-order valence-electron chi connectivity index (χ4n) is 1.52.